The van der Waals surface area contributed by atoms with Crippen molar-refractivity contribution < 1.29 is 9.53 Å². The summed E-state index contributed by atoms with van der Waals surface area (Å²) in [6, 6.07) is 0. The average Bonchev–Trinajstić information content (AvgIpc) is 2.24. The van der Waals surface area contributed by atoms with Crippen LogP contribution in [0.4, 0.5) is 0 Å². The van der Waals surface area contributed by atoms with E-state index >= 15 is 0 Å². The summed E-state index contributed by atoms with van der Waals surface area (Å²) in [5.41, 5.74) is 2.09. The van der Waals surface area contributed by atoms with Crippen LogP contribution < -0.4 is 0 Å². The fourth-order valence-corrected chi connectivity index (χ4v) is 1.55. The number of ether oxygens (including phenoxy) is 1. The molecule has 0 amide bonds. The van der Waals surface area contributed by atoms with Crippen molar-refractivity contribution in [2.45, 2.75) is 59.8 Å². The van der Waals surface area contributed by atoms with Crippen LogP contribution in [0, 0.1) is 0 Å². The Balaban J connectivity index is 0. The molecule has 0 fully saturated rings. The van der Waals surface area contributed by atoms with Crippen LogP contribution in [0.25, 0.3) is 0 Å². The number of rotatable bonds is 7. The fourth-order valence-electron chi connectivity index (χ4n) is 1.55. The summed E-state index contributed by atoms with van der Waals surface area (Å²) in [7, 11) is 0. The first-order valence-corrected chi connectivity index (χ1v) is 6.03. The van der Waals surface area contributed by atoms with Gasteiger partial charge in [-0.15, -0.1) is 0 Å². The van der Waals surface area contributed by atoms with Gasteiger partial charge in [0.05, 0.1) is 6.61 Å². The first-order chi connectivity index (χ1) is 7.17. The maximum atomic E-state index is 11.6. The van der Waals surface area contributed by atoms with Crippen LogP contribution in [0.5, 0.6) is 0 Å². The van der Waals surface area contributed by atoms with Crippen LogP contribution in [0.1, 0.15) is 59.8 Å². The number of hydrogen-bond acceptors (Lipinski definition) is 2. The van der Waals surface area contributed by atoms with Crippen LogP contribution in [0.15, 0.2) is 11.1 Å². The van der Waals surface area contributed by atoms with Gasteiger partial charge in [0.25, 0.3) is 0 Å². The summed E-state index contributed by atoms with van der Waals surface area (Å²) < 4.78 is 5.13. The monoisotopic (exact) mass is 336 g/mol. The Kier molecular flexibility index (Phi) is 13.2. The molecule has 96 valence electrons. The Hall–Kier alpha value is 0.00870. The van der Waals surface area contributed by atoms with E-state index in [4.69, 9.17) is 4.74 Å². The first-order valence-electron chi connectivity index (χ1n) is 6.03. The van der Waals surface area contributed by atoms with Gasteiger partial charge in [0.1, 0.15) is 0 Å². The van der Waals surface area contributed by atoms with Gasteiger partial charge in [0.2, 0.25) is 0 Å². The summed E-state index contributed by atoms with van der Waals surface area (Å²) in [5.74, 6) is -0.131. The molecule has 0 aliphatic carbocycles. The zero-order valence-corrected chi connectivity index (χ0v) is 10.6. The van der Waals surface area contributed by atoms with E-state index in [1.807, 2.05) is 13.8 Å². The van der Waals surface area contributed by atoms with Crippen LogP contribution in [-0.2, 0) is 9.53 Å². The molecule has 0 aromatic rings. The first kappa shape index (κ1) is 18.4. The van der Waals surface area contributed by atoms with Gasteiger partial charge in [-0.05, 0) is 26.2 Å². The fraction of sp³-hybridized carbons (Fsp3) is 0.769. The Morgan fingerprint density at radius 2 is 1.50 bits per heavy atom. The van der Waals surface area contributed by atoms with E-state index in [0.717, 1.165) is 37.7 Å². The zero-order valence-electron chi connectivity index (χ0n) is 10.6. The molecule has 0 aliphatic heterocycles. The molecule has 16 heavy (non-hydrogen) atoms. The van der Waals surface area contributed by atoms with Gasteiger partial charge in [0, 0.05) is 5.57 Å². The van der Waals surface area contributed by atoms with Gasteiger partial charge in [-0.1, -0.05) is 39.2 Å². The predicted octanol–water partition coefficient (Wildman–Crippen LogP) is 2.40. The molecular formula is C13H28O2Sn. The number of esters is 1. The quantitative estimate of drug-likeness (QED) is 0.406. The third-order valence-corrected chi connectivity index (χ3v) is 2.38. The van der Waals surface area contributed by atoms with E-state index in [-0.39, 0.29) is 29.9 Å². The van der Waals surface area contributed by atoms with E-state index in [9.17, 15) is 4.79 Å². The van der Waals surface area contributed by atoms with E-state index in [1.165, 1.54) is 5.57 Å². The maximum absolute atomic E-state index is 11.6. The topological polar surface area (TPSA) is 26.3 Å². The van der Waals surface area contributed by atoms with Gasteiger partial charge < -0.3 is 4.74 Å². The van der Waals surface area contributed by atoms with Crippen LogP contribution in [-0.4, -0.2) is 36.5 Å². The molecule has 0 saturated heterocycles. The average molecular weight is 335 g/mol. The molecule has 0 aromatic heterocycles. The molecule has 0 radical (unpaired) electrons. The van der Waals surface area contributed by atoms with E-state index < -0.39 is 0 Å². The van der Waals surface area contributed by atoms with Crippen LogP contribution in [0.2, 0.25) is 0 Å². The third kappa shape index (κ3) is 7.31. The molecule has 0 atom stereocenters. The molecule has 0 N–H and O–H groups in total. The van der Waals surface area contributed by atoms with Crippen molar-refractivity contribution in [1.82, 2.24) is 0 Å². The van der Waals surface area contributed by atoms with Gasteiger partial charge in [-0.25, -0.2) is 4.79 Å². The molecule has 0 saturated carbocycles. The second-order valence-corrected chi connectivity index (χ2v) is 3.86. The summed E-state index contributed by atoms with van der Waals surface area (Å²) in [6.07, 6.45) is 5.10. The summed E-state index contributed by atoms with van der Waals surface area (Å²) in [5, 5.41) is 0. The van der Waals surface area contributed by atoms with Crippen molar-refractivity contribution in [2.24, 2.45) is 0 Å². The Bertz CT molecular complexity index is 214. The third-order valence-electron chi connectivity index (χ3n) is 2.38. The Labute approximate surface area is 117 Å². The molecule has 0 aliphatic rings. The van der Waals surface area contributed by atoms with Crippen molar-refractivity contribution in [3.05, 3.63) is 11.1 Å². The molecule has 0 aromatic carbocycles. The second-order valence-electron chi connectivity index (χ2n) is 3.86. The van der Waals surface area contributed by atoms with Crippen molar-refractivity contribution in [2.75, 3.05) is 6.61 Å². The van der Waals surface area contributed by atoms with Crippen molar-refractivity contribution in [3.8, 4) is 0 Å². The molecule has 0 rings (SSSR count). The SMILES string of the molecule is CCCOC(=O)C(C)=C(CCC)CCC.[SnH4]. The van der Waals surface area contributed by atoms with Gasteiger partial charge in [0.15, 0.2) is 0 Å². The Morgan fingerprint density at radius 3 is 1.88 bits per heavy atom. The van der Waals surface area contributed by atoms with E-state index in [0.29, 0.717) is 6.61 Å². The molecule has 0 spiro atoms. The van der Waals surface area contributed by atoms with Crippen molar-refractivity contribution >= 4 is 29.9 Å². The molecule has 3 heteroatoms. The number of carbonyl (C=O) groups excluding carboxylic acids is 1. The normalized spacial score (nSPS) is 9.25. The molecule has 0 heterocycles. The zero-order chi connectivity index (χ0) is 11.7. The van der Waals surface area contributed by atoms with Crippen molar-refractivity contribution in [1.29, 1.82) is 0 Å². The molecule has 0 unspecified atom stereocenters. The number of hydrogen-bond donors (Lipinski definition) is 0. The molecule has 0 bridgehead atoms. The van der Waals surface area contributed by atoms with E-state index in [1.54, 1.807) is 0 Å². The van der Waals surface area contributed by atoms with Gasteiger partial charge in [-0.2, -0.15) is 0 Å². The van der Waals surface area contributed by atoms with E-state index in [2.05, 4.69) is 13.8 Å². The number of allylic oxidation sites excluding steroid dienone is 1. The number of carbonyl (C=O) groups is 1. The van der Waals surface area contributed by atoms with Crippen molar-refractivity contribution in [3.63, 3.8) is 0 Å². The van der Waals surface area contributed by atoms with Crippen LogP contribution >= 0.6 is 0 Å². The standard InChI is InChI=1S/C13H24O2.Sn.4H/c1-5-8-12(9-6-2)11(4)13(14)15-10-7-3;;;;;/h5-10H2,1-4H3;;;;;. The van der Waals surface area contributed by atoms with Gasteiger partial charge >= 0.3 is 29.9 Å². The predicted molar refractivity (Wildman–Crippen MR) is 75.1 cm³/mol. The Morgan fingerprint density at radius 1 is 1.00 bits per heavy atom. The molecule has 2 nitrogen and oxygen atoms in total. The van der Waals surface area contributed by atoms with Crippen LogP contribution in [0.3, 0.4) is 0 Å². The summed E-state index contributed by atoms with van der Waals surface area (Å²) in [6.45, 7) is 8.70. The summed E-state index contributed by atoms with van der Waals surface area (Å²) >= 11 is 0. The summed E-state index contributed by atoms with van der Waals surface area (Å²) in [4.78, 5) is 11.6. The van der Waals surface area contributed by atoms with Gasteiger partial charge in [-0.3, -0.25) is 0 Å². The minimum absolute atomic E-state index is 0. The molecular weight excluding hydrogens is 307 g/mol. The minimum atomic E-state index is -0.131. The second kappa shape index (κ2) is 11.5.